The van der Waals surface area contributed by atoms with Gasteiger partial charge in [0, 0.05) is 21.2 Å². The molecule has 19 heavy (non-hydrogen) atoms. The minimum absolute atomic E-state index is 0.620. The van der Waals surface area contributed by atoms with Crippen molar-refractivity contribution < 1.29 is 4.74 Å². The zero-order valence-corrected chi connectivity index (χ0v) is 14.1. The second kappa shape index (κ2) is 6.64. The summed E-state index contributed by atoms with van der Waals surface area (Å²) in [4.78, 5) is 0. The molecular weight excluding hydrogens is 393 g/mol. The maximum absolute atomic E-state index is 6.10. The smallest absolute Gasteiger partial charge is 0.137 e. The zero-order valence-electron chi connectivity index (χ0n) is 10.2. The Kier molecular flexibility index (Phi) is 5.13. The number of methoxy groups -OCH3 is 1. The van der Waals surface area contributed by atoms with Gasteiger partial charge in [-0.15, -0.1) is 0 Å². The topological polar surface area (TPSA) is 21.3 Å². The lowest BCUT2D eigenvalue weighted by Crippen LogP contribution is -2.00. The van der Waals surface area contributed by atoms with Gasteiger partial charge in [-0.25, -0.2) is 0 Å². The highest BCUT2D eigenvalue weighted by Crippen LogP contribution is 2.28. The van der Waals surface area contributed by atoms with Gasteiger partial charge < -0.3 is 10.1 Å². The van der Waals surface area contributed by atoms with Crippen LogP contribution in [0.25, 0.3) is 0 Å². The number of ether oxygens (including phenoxy) is 1. The molecule has 0 fully saturated rings. The summed E-state index contributed by atoms with van der Waals surface area (Å²) in [6.45, 7) is 0.693. The summed E-state index contributed by atoms with van der Waals surface area (Å²) in [5.74, 6) is 0.689. The monoisotopic (exact) mass is 403 g/mol. The Morgan fingerprint density at radius 1 is 1.16 bits per heavy atom. The molecule has 0 atom stereocenters. The van der Waals surface area contributed by atoms with E-state index in [1.807, 2.05) is 36.4 Å². The molecule has 0 aliphatic heterocycles. The maximum atomic E-state index is 6.10. The quantitative estimate of drug-likeness (QED) is 0.727. The maximum Gasteiger partial charge on any atom is 0.137 e. The van der Waals surface area contributed by atoms with E-state index in [1.165, 1.54) is 0 Å². The number of halogens is 3. The molecule has 0 saturated heterocycles. The van der Waals surface area contributed by atoms with Crippen molar-refractivity contribution in [3.63, 3.8) is 0 Å². The first-order chi connectivity index (χ1) is 9.10. The summed E-state index contributed by atoms with van der Waals surface area (Å²) < 4.78 is 7.19. The molecule has 2 rings (SSSR count). The number of anilines is 1. The zero-order chi connectivity index (χ0) is 13.8. The number of nitrogens with one attached hydrogen (secondary N) is 1. The second-order valence-corrected chi connectivity index (χ2v) is 6.12. The Hall–Kier alpha value is -0.710. The molecule has 100 valence electrons. The van der Waals surface area contributed by atoms with Crippen LogP contribution in [0.5, 0.6) is 5.75 Å². The molecule has 0 spiro atoms. The molecule has 5 heteroatoms. The van der Waals surface area contributed by atoms with E-state index in [0.29, 0.717) is 17.3 Å². The number of benzene rings is 2. The van der Waals surface area contributed by atoms with E-state index in [4.69, 9.17) is 16.3 Å². The highest BCUT2D eigenvalue weighted by molar-refractivity contribution is 9.11. The Balaban J connectivity index is 2.10. The third-order valence-electron chi connectivity index (χ3n) is 2.63. The molecule has 0 heterocycles. The van der Waals surface area contributed by atoms with E-state index in [2.05, 4.69) is 37.2 Å². The van der Waals surface area contributed by atoms with E-state index in [9.17, 15) is 0 Å². The van der Waals surface area contributed by atoms with Gasteiger partial charge in [-0.1, -0.05) is 33.6 Å². The molecule has 0 aliphatic rings. The van der Waals surface area contributed by atoms with Crippen LogP contribution in [0.1, 0.15) is 5.56 Å². The normalized spacial score (nSPS) is 10.3. The molecule has 0 amide bonds. The summed E-state index contributed by atoms with van der Waals surface area (Å²) in [5, 5.41) is 3.98. The predicted octanol–water partition coefficient (Wildman–Crippen LogP) is 5.49. The largest absolute Gasteiger partial charge is 0.495 e. The van der Waals surface area contributed by atoms with Gasteiger partial charge in [0.2, 0.25) is 0 Å². The van der Waals surface area contributed by atoms with Gasteiger partial charge >= 0.3 is 0 Å². The van der Waals surface area contributed by atoms with Crippen LogP contribution in [0.2, 0.25) is 5.02 Å². The van der Waals surface area contributed by atoms with Gasteiger partial charge in [-0.05, 0) is 51.8 Å². The van der Waals surface area contributed by atoms with E-state index in [-0.39, 0.29) is 0 Å². The Morgan fingerprint density at radius 2 is 1.95 bits per heavy atom. The van der Waals surface area contributed by atoms with E-state index < -0.39 is 0 Å². The molecule has 0 aliphatic carbocycles. The molecular formula is C14H12Br2ClNO. The highest BCUT2D eigenvalue weighted by atomic mass is 79.9. The van der Waals surface area contributed by atoms with Gasteiger partial charge in [0.25, 0.3) is 0 Å². The SMILES string of the molecule is COc1ccc(CNc2cc(Br)ccc2Br)cc1Cl. The van der Waals surface area contributed by atoms with Gasteiger partial charge in [0.1, 0.15) is 5.75 Å². The summed E-state index contributed by atoms with van der Waals surface area (Å²) in [5.41, 5.74) is 2.12. The molecule has 0 aromatic heterocycles. The summed E-state index contributed by atoms with van der Waals surface area (Å²) >= 11 is 13.1. The lowest BCUT2D eigenvalue weighted by Gasteiger charge is -2.10. The summed E-state index contributed by atoms with van der Waals surface area (Å²) in [7, 11) is 1.61. The van der Waals surface area contributed by atoms with Crippen molar-refractivity contribution in [2.24, 2.45) is 0 Å². The number of hydrogen-bond acceptors (Lipinski definition) is 2. The molecule has 0 bridgehead atoms. The first kappa shape index (κ1) is 14.7. The summed E-state index contributed by atoms with van der Waals surface area (Å²) in [6, 6.07) is 11.8. The van der Waals surface area contributed by atoms with Crippen LogP contribution in [0.3, 0.4) is 0 Å². The average Bonchev–Trinajstić information content (AvgIpc) is 2.40. The van der Waals surface area contributed by atoms with Crippen LogP contribution in [-0.4, -0.2) is 7.11 Å². The van der Waals surface area contributed by atoms with Crippen LogP contribution in [0.4, 0.5) is 5.69 Å². The third-order valence-corrected chi connectivity index (χ3v) is 4.11. The fourth-order valence-electron chi connectivity index (χ4n) is 1.65. The Morgan fingerprint density at radius 3 is 2.63 bits per heavy atom. The molecule has 0 radical (unpaired) electrons. The lowest BCUT2D eigenvalue weighted by atomic mass is 10.2. The Bertz CT molecular complexity index is 590. The highest BCUT2D eigenvalue weighted by Gasteiger charge is 2.04. The fourth-order valence-corrected chi connectivity index (χ4v) is 2.68. The van der Waals surface area contributed by atoms with E-state index >= 15 is 0 Å². The summed E-state index contributed by atoms with van der Waals surface area (Å²) in [6.07, 6.45) is 0. The van der Waals surface area contributed by atoms with Crippen LogP contribution >= 0.6 is 43.5 Å². The van der Waals surface area contributed by atoms with Gasteiger partial charge in [-0.3, -0.25) is 0 Å². The first-order valence-electron chi connectivity index (χ1n) is 5.61. The van der Waals surface area contributed by atoms with E-state index in [1.54, 1.807) is 7.11 Å². The van der Waals surface area contributed by atoms with Crippen molar-refractivity contribution in [2.45, 2.75) is 6.54 Å². The second-order valence-electron chi connectivity index (χ2n) is 3.95. The van der Waals surface area contributed by atoms with Gasteiger partial charge in [0.05, 0.1) is 12.1 Å². The van der Waals surface area contributed by atoms with Crippen molar-refractivity contribution in [3.05, 3.63) is 55.9 Å². The fraction of sp³-hybridized carbons (Fsp3) is 0.143. The van der Waals surface area contributed by atoms with Crippen LogP contribution < -0.4 is 10.1 Å². The van der Waals surface area contributed by atoms with Crippen molar-refractivity contribution in [2.75, 3.05) is 12.4 Å². The van der Waals surface area contributed by atoms with Gasteiger partial charge in [-0.2, -0.15) is 0 Å². The standard InChI is InChI=1S/C14H12Br2ClNO/c1-19-14-5-2-9(6-12(14)17)8-18-13-7-10(15)3-4-11(13)16/h2-7,18H,8H2,1H3. The van der Waals surface area contributed by atoms with Crippen LogP contribution in [0.15, 0.2) is 45.3 Å². The molecule has 0 unspecified atom stereocenters. The average molecular weight is 406 g/mol. The van der Waals surface area contributed by atoms with Crippen molar-refractivity contribution in [1.82, 2.24) is 0 Å². The van der Waals surface area contributed by atoms with E-state index in [0.717, 1.165) is 20.2 Å². The molecule has 2 nitrogen and oxygen atoms in total. The van der Waals surface area contributed by atoms with Crippen molar-refractivity contribution >= 4 is 49.1 Å². The number of hydrogen-bond donors (Lipinski definition) is 1. The van der Waals surface area contributed by atoms with Crippen LogP contribution in [-0.2, 0) is 6.54 Å². The minimum atomic E-state index is 0.620. The van der Waals surface area contributed by atoms with Crippen molar-refractivity contribution in [3.8, 4) is 5.75 Å². The van der Waals surface area contributed by atoms with Crippen LogP contribution in [0, 0.1) is 0 Å². The molecule has 2 aromatic carbocycles. The third kappa shape index (κ3) is 3.88. The van der Waals surface area contributed by atoms with Gasteiger partial charge in [0.15, 0.2) is 0 Å². The predicted molar refractivity (Wildman–Crippen MR) is 87.2 cm³/mol. The lowest BCUT2D eigenvalue weighted by molar-refractivity contribution is 0.415. The minimum Gasteiger partial charge on any atom is -0.495 e. The first-order valence-corrected chi connectivity index (χ1v) is 7.58. The van der Waals surface area contributed by atoms with Crippen molar-refractivity contribution in [1.29, 1.82) is 0 Å². The Labute approximate surface area is 134 Å². The molecule has 0 saturated carbocycles. The number of rotatable bonds is 4. The molecule has 1 N–H and O–H groups in total. The molecule has 2 aromatic rings.